The van der Waals surface area contributed by atoms with Crippen LogP contribution in [0, 0.1) is 0 Å². The Bertz CT molecular complexity index is 300. The van der Waals surface area contributed by atoms with Gasteiger partial charge in [0, 0.05) is 5.92 Å². The second kappa shape index (κ2) is 6.15. The summed E-state index contributed by atoms with van der Waals surface area (Å²) in [6.45, 7) is -1.17. The SMILES string of the molecule is FC(F)(F)COCC(CS)c1ccccc1. The van der Waals surface area contributed by atoms with Gasteiger partial charge in [0.2, 0.25) is 0 Å². The van der Waals surface area contributed by atoms with Crippen LogP contribution in [0.5, 0.6) is 0 Å². The summed E-state index contributed by atoms with van der Waals surface area (Å²) < 4.78 is 40.2. The number of ether oxygens (including phenoxy) is 1. The van der Waals surface area contributed by atoms with E-state index >= 15 is 0 Å². The van der Waals surface area contributed by atoms with E-state index in [1.807, 2.05) is 30.3 Å². The third kappa shape index (κ3) is 4.90. The summed E-state index contributed by atoms with van der Waals surface area (Å²) >= 11 is 4.11. The molecule has 0 heterocycles. The van der Waals surface area contributed by atoms with Crippen LogP contribution >= 0.6 is 12.6 Å². The van der Waals surface area contributed by atoms with Gasteiger partial charge in [0.05, 0.1) is 6.61 Å². The molecular formula is C11H13F3OS. The highest BCUT2D eigenvalue weighted by atomic mass is 32.1. The zero-order valence-electron chi connectivity index (χ0n) is 8.57. The predicted octanol–water partition coefficient (Wildman–Crippen LogP) is 3.28. The number of halogens is 3. The number of hydrogen-bond donors (Lipinski definition) is 1. The molecule has 90 valence electrons. The van der Waals surface area contributed by atoms with Crippen molar-refractivity contribution in [2.45, 2.75) is 12.1 Å². The minimum Gasteiger partial charge on any atom is -0.371 e. The lowest BCUT2D eigenvalue weighted by atomic mass is 10.0. The number of thiol groups is 1. The fraction of sp³-hybridized carbons (Fsp3) is 0.455. The summed E-state index contributed by atoms with van der Waals surface area (Å²) in [5, 5.41) is 0. The van der Waals surface area contributed by atoms with Crippen molar-refractivity contribution < 1.29 is 17.9 Å². The fourth-order valence-corrected chi connectivity index (χ4v) is 1.61. The molecule has 0 aliphatic rings. The van der Waals surface area contributed by atoms with Crippen molar-refractivity contribution in [3.05, 3.63) is 35.9 Å². The molecule has 0 N–H and O–H groups in total. The Balaban J connectivity index is 2.45. The molecule has 16 heavy (non-hydrogen) atoms. The molecule has 1 atom stereocenters. The number of rotatable bonds is 5. The lowest BCUT2D eigenvalue weighted by Crippen LogP contribution is -2.20. The van der Waals surface area contributed by atoms with Crippen molar-refractivity contribution in [1.82, 2.24) is 0 Å². The van der Waals surface area contributed by atoms with Gasteiger partial charge in [-0.2, -0.15) is 25.8 Å². The largest absolute Gasteiger partial charge is 0.411 e. The molecule has 1 rings (SSSR count). The highest BCUT2D eigenvalue weighted by Gasteiger charge is 2.27. The molecule has 0 radical (unpaired) electrons. The second-order valence-electron chi connectivity index (χ2n) is 3.42. The Morgan fingerprint density at radius 2 is 1.81 bits per heavy atom. The lowest BCUT2D eigenvalue weighted by molar-refractivity contribution is -0.174. The van der Waals surface area contributed by atoms with Gasteiger partial charge in [-0.25, -0.2) is 0 Å². The molecule has 5 heteroatoms. The molecule has 0 aliphatic heterocycles. The van der Waals surface area contributed by atoms with E-state index in [4.69, 9.17) is 0 Å². The van der Waals surface area contributed by atoms with Gasteiger partial charge in [-0.1, -0.05) is 30.3 Å². The van der Waals surface area contributed by atoms with E-state index < -0.39 is 12.8 Å². The number of alkyl halides is 3. The summed E-state index contributed by atoms with van der Waals surface area (Å²) in [7, 11) is 0. The van der Waals surface area contributed by atoms with Crippen molar-refractivity contribution in [1.29, 1.82) is 0 Å². The Labute approximate surface area is 98.0 Å². The normalized spacial score (nSPS) is 13.8. The average molecular weight is 250 g/mol. The maximum absolute atomic E-state index is 11.9. The van der Waals surface area contributed by atoms with Gasteiger partial charge in [-0.15, -0.1) is 0 Å². The summed E-state index contributed by atoms with van der Waals surface area (Å²) in [6, 6.07) is 9.26. The van der Waals surface area contributed by atoms with E-state index in [9.17, 15) is 13.2 Å². The summed E-state index contributed by atoms with van der Waals surface area (Å²) in [5.74, 6) is 0.355. The Morgan fingerprint density at radius 1 is 1.19 bits per heavy atom. The fourth-order valence-electron chi connectivity index (χ4n) is 1.30. The monoisotopic (exact) mass is 250 g/mol. The van der Waals surface area contributed by atoms with Crippen LogP contribution < -0.4 is 0 Å². The molecule has 1 aromatic carbocycles. The van der Waals surface area contributed by atoms with Crippen LogP contribution in [0.2, 0.25) is 0 Å². The predicted molar refractivity (Wildman–Crippen MR) is 59.9 cm³/mol. The van der Waals surface area contributed by atoms with E-state index in [-0.39, 0.29) is 12.5 Å². The van der Waals surface area contributed by atoms with Gasteiger partial charge < -0.3 is 4.74 Å². The second-order valence-corrected chi connectivity index (χ2v) is 3.79. The molecular weight excluding hydrogens is 237 g/mol. The summed E-state index contributed by atoms with van der Waals surface area (Å²) in [4.78, 5) is 0. The van der Waals surface area contributed by atoms with Gasteiger partial charge in [0.1, 0.15) is 6.61 Å². The van der Waals surface area contributed by atoms with Gasteiger partial charge in [0.25, 0.3) is 0 Å². The van der Waals surface area contributed by atoms with Gasteiger partial charge >= 0.3 is 6.18 Å². The topological polar surface area (TPSA) is 9.23 Å². The van der Waals surface area contributed by atoms with E-state index in [0.29, 0.717) is 5.75 Å². The molecule has 0 bridgehead atoms. The first-order valence-corrected chi connectivity index (χ1v) is 5.46. The molecule has 0 spiro atoms. The van der Waals surface area contributed by atoms with Crippen LogP contribution in [0.15, 0.2) is 30.3 Å². The van der Waals surface area contributed by atoms with Crippen molar-refractivity contribution in [3.8, 4) is 0 Å². The van der Waals surface area contributed by atoms with Crippen molar-refractivity contribution >= 4 is 12.6 Å². The quantitative estimate of drug-likeness (QED) is 0.789. The van der Waals surface area contributed by atoms with E-state index in [0.717, 1.165) is 5.56 Å². The summed E-state index contributed by atoms with van der Waals surface area (Å²) in [6.07, 6.45) is -4.27. The van der Waals surface area contributed by atoms with E-state index in [2.05, 4.69) is 17.4 Å². The van der Waals surface area contributed by atoms with E-state index in [1.54, 1.807) is 0 Å². The molecule has 0 amide bonds. The minimum atomic E-state index is -4.27. The zero-order valence-corrected chi connectivity index (χ0v) is 9.47. The minimum absolute atomic E-state index is 0.0347. The third-order valence-corrected chi connectivity index (χ3v) is 2.52. The smallest absolute Gasteiger partial charge is 0.371 e. The maximum atomic E-state index is 11.9. The van der Waals surface area contributed by atoms with Gasteiger partial charge in [0.15, 0.2) is 0 Å². The van der Waals surface area contributed by atoms with E-state index in [1.165, 1.54) is 0 Å². The molecule has 0 saturated carbocycles. The lowest BCUT2D eigenvalue weighted by Gasteiger charge is -2.15. The molecule has 1 nitrogen and oxygen atoms in total. The van der Waals surface area contributed by atoms with Crippen LogP contribution in [0.3, 0.4) is 0 Å². The van der Waals surface area contributed by atoms with Crippen molar-refractivity contribution in [3.63, 3.8) is 0 Å². The molecule has 0 fully saturated rings. The van der Waals surface area contributed by atoms with Crippen LogP contribution in [-0.4, -0.2) is 25.1 Å². The van der Waals surface area contributed by atoms with Crippen LogP contribution in [-0.2, 0) is 4.74 Å². The molecule has 0 saturated heterocycles. The Hall–Kier alpha value is -0.680. The highest BCUT2D eigenvalue weighted by Crippen LogP contribution is 2.20. The average Bonchev–Trinajstić information content (AvgIpc) is 2.24. The van der Waals surface area contributed by atoms with Crippen LogP contribution in [0.1, 0.15) is 11.5 Å². The molecule has 1 aromatic rings. The maximum Gasteiger partial charge on any atom is 0.411 e. The molecule has 1 unspecified atom stereocenters. The Kier molecular flexibility index (Phi) is 5.15. The molecule has 0 aromatic heterocycles. The standard InChI is InChI=1S/C11H13F3OS/c12-11(13,14)8-15-6-10(7-16)9-4-2-1-3-5-9/h1-5,10,16H,6-8H2. The number of hydrogen-bond acceptors (Lipinski definition) is 2. The Morgan fingerprint density at radius 3 is 2.31 bits per heavy atom. The first-order chi connectivity index (χ1) is 7.53. The van der Waals surface area contributed by atoms with Gasteiger partial charge in [-0.3, -0.25) is 0 Å². The first-order valence-electron chi connectivity index (χ1n) is 4.83. The third-order valence-electron chi connectivity index (χ3n) is 2.08. The van der Waals surface area contributed by atoms with Gasteiger partial charge in [-0.05, 0) is 11.3 Å². The van der Waals surface area contributed by atoms with Crippen molar-refractivity contribution in [2.24, 2.45) is 0 Å². The number of benzene rings is 1. The molecule has 0 aliphatic carbocycles. The van der Waals surface area contributed by atoms with Crippen LogP contribution in [0.4, 0.5) is 13.2 Å². The summed E-state index contributed by atoms with van der Waals surface area (Å²) in [5.41, 5.74) is 0.944. The first kappa shape index (κ1) is 13.4. The van der Waals surface area contributed by atoms with Crippen molar-refractivity contribution in [2.75, 3.05) is 19.0 Å². The highest BCUT2D eigenvalue weighted by molar-refractivity contribution is 7.80. The van der Waals surface area contributed by atoms with Crippen LogP contribution in [0.25, 0.3) is 0 Å². The zero-order chi connectivity index (χ0) is 12.0.